The molecule has 0 aliphatic heterocycles. The van der Waals surface area contributed by atoms with Crippen LogP contribution >= 0.6 is 0 Å². The van der Waals surface area contributed by atoms with Crippen molar-refractivity contribution in [3.05, 3.63) is 24.6 Å². The lowest BCUT2D eigenvalue weighted by molar-refractivity contribution is 0.463. The van der Waals surface area contributed by atoms with Crippen molar-refractivity contribution in [2.24, 2.45) is 0 Å². The van der Waals surface area contributed by atoms with Crippen molar-refractivity contribution in [1.82, 2.24) is 4.90 Å². The maximum absolute atomic E-state index is 2.28. The second-order valence-corrected chi connectivity index (χ2v) is 5.38. The van der Waals surface area contributed by atoms with Gasteiger partial charge in [-0.3, -0.25) is 0 Å². The zero-order valence-electron chi connectivity index (χ0n) is 13.5. The second kappa shape index (κ2) is 15.3. The first-order chi connectivity index (χ1) is 9.35. The summed E-state index contributed by atoms with van der Waals surface area (Å²) in [5.41, 5.74) is 0. The highest BCUT2D eigenvalue weighted by molar-refractivity contribution is 4.88. The first-order valence-electron chi connectivity index (χ1n) is 8.36. The van der Waals surface area contributed by atoms with E-state index in [1.807, 2.05) is 0 Å². The number of rotatable bonds is 13. The van der Waals surface area contributed by atoms with Crippen LogP contribution < -0.4 is 0 Å². The zero-order valence-corrected chi connectivity index (χ0v) is 13.5. The van der Waals surface area contributed by atoms with Gasteiger partial charge in [-0.2, -0.15) is 0 Å². The molecule has 112 valence electrons. The van der Waals surface area contributed by atoms with E-state index >= 15 is 0 Å². The summed E-state index contributed by atoms with van der Waals surface area (Å²) in [5.74, 6) is 0. The maximum atomic E-state index is 2.28. The maximum Gasteiger partial charge on any atom is 0.0219 e. The number of hydrogen-bond acceptors (Lipinski definition) is 1. The Bertz CT molecular complexity index is 206. The summed E-state index contributed by atoms with van der Waals surface area (Å²) in [7, 11) is 0. The van der Waals surface area contributed by atoms with E-state index in [0.29, 0.717) is 0 Å². The molecule has 1 nitrogen and oxygen atoms in total. The van der Waals surface area contributed by atoms with Gasteiger partial charge in [-0.25, -0.2) is 0 Å². The van der Waals surface area contributed by atoms with Crippen molar-refractivity contribution in [1.29, 1.82) is 0 Å². The van der Waals surface area contributed by atoms with Crippen molar-refractivity contribution in [2.45, 2.75) is 85.0 Å². The van der Waals surface area contributed by atoms with Crippen molar-refractivity contribution >= 4 is 0 Å². The third-order valence-corrected chi connectivity index (χ3v) is 3.45. The summed E-state index contributed by atoms with van der Waals surface area (Å²) in [5, 5.41) is 0. The monoisotopic (exact) mass is 265 g/mol. The van der Waals surface area contributed by atoms with E-state index < -0.39 is 0 Å². The van der Waals surface area contributed by atoms with Crippen molar-refractivity contribution in [2.75, 3.05) is 6.54 Å². The smallest absolute Gasteiger partial charge is 0.0219 e. The minimum absolute atomic E-state index is 1.16. The van der Waals surface area contributed by atoms with Gasteiger partial charge in [0.05, 0.1) is 0 Å². The SMILES string of the molecule is C/C=C\N(/C=C\C)CCCCCCCCCCCC. The molecule has 0 aromatic rings. The Morgan fingerprint density at radius 2 is 1.05 bits per heavy atom. The molecule has 0 aliphatic carbocycles. The van der Waals surface area contributed by atoms with Crippen LogP contribution in [0.25, 0.3) is 0 Å². The van der Waals surface area contributed by atoms with Gasteiger partial charge in [0.1, 0.15) is 0 Å². The van der Waals surface area contributed by atoms with Crippen LogP contribution in [0.3, 0.4) is 0 Å². The standard InChI is InChI=1S/C18H35N/c1-4-7-8-9-10-11-12-13-14-15-18-19(16-5-2)17-6-3/h5-6,16-17H,4,7-15,18H2,1-3H3/b16-5-,17-6-. The predicted molar refractivity (Wildman–Crippen MR) is 88.2 cm³/mol. The first kappa shape index (κ1) is 18.3. The number of unbranched alkanes of at least 4 members (excludes halogenated alkanes) is 9. The zero-order chi connectivity index (χ0) is 14.2. The molecule has 0 atom stereocenters. The highest BCUT2D eigenvalue weighted by Gasteiger charge is 1.95. The van der Waals surface area contributed by atoms with E-state index in [4.69, 9.17) is 0 Å². The van der Waals surface area contributed by atoms with Crippen LogP contribution in [0, 0.1) is 0 Å². The van der Waals surface area contributed by atoms with E-state index in [2.05, 4.69) is 50.2 Å². The van der Waals surface area contributed by atoms with Gasteiger partial charge in [-0.15, -0.1) is 0 Å². The molecule has 0 heterocycles. The molecule has 0 unspecified atom stereocenters. The van der Waals surface area contributed by atoms with Gasteiger partial charge >= 0.3 is 0 Å². The summed E-state index contributed by atoms with van der Waals surface area (Å²) in [6, 6.07) is 0. The Morgan fingerprint density at radius 1 is 0.632 bits per heavy atom. The van der Waals surface area contributed by atoms with Crippen LogP contribution in [-0.2, 0) is 0 Å². The minimum Gasteiger partial charge on any atom is -0.355 e. The van der Waals surface area contributed by atoms with Gasteiger partial charge in [0.25, 0.3) is 0 Å². The Hall–Kier alpha value is -0.720. The summed E-state index contributed by atoms with van der Waals surface area (Å²) in [4.78, 5) is 2.28. The molecule has 0 radical (unpaired) electrons. The molecule has 0 saturated heterocycles. The molecule has 0 amide bonds. The molecule has 19 heavy (non-hydrogen) atoms. The van der Waals surface area contributed by atoms with Crippen molar-refractivity contribution in [3.63, 3.8) is 0 Å². The largest absolute Gasteiger partial charge is 0.355 e. The van der Waals surface area contributed by atoms with Crippen molar-refractivity contribution < 1.29 is 0 Å². The third kappa shape index (κ3) is 13.5. The minimum atomic E-state index is 1.16. The molecule has 0 bridgehead atoms. The molecule has 0 aromatic heterocycles. The van der Waals surface area contributed by atoms with E-state index in [1.54, 1.807) is 0 Å². The van der Waals surface area contributed by atoms with Crippen LogP contribution in [-0.4, -0.2) is 11.4 Å². The summed E-state index contributed by atoms with van der Waals surface area (Å²) in [6.45, 7) is 7.60. The van der Waals surface area contributed by atoms with Crippen LogP contribution in [0.15, 0.2) is 24.6 Å². The van der Waals surface area contributed by atoms with Crippen LogP contribution in [0.4, 0.5) is 0 Å². The molecule has 0 N–H and O–H groups in total. The van der Waals surface area contributed by atoms with Gasteiger partial charge in [0, 0.05) is 6.54 Å². The van der Waals surface area contributed by atoms with Gasteiger partial charge in [0.15, 0.2) is 0 Å². The Morgan fingerprint density at radius 3 is 1.47 bits per heavy atom. The molecule has 0 spiro atoms. The second-order valence-electron chi connectivity index (χ2n) is 5.38. The number of hydrogen-bond donors (Lipinski definition) is 0. The highest BCUT2D eigenvalue weighted by atomic mass is 15.1. The van der Waals surface area contributed by atoms with E-state index in [1.165, 1.54) is 64.2 Å². The average molecular weight is 265 g/mol. The topological polar surface area (TPSA) is 3.24 Å². The van der Waals surface area contributed by atoms with Crippen LogP contribution in [0.1, 0.15) is 85.0 Å². The summed E-state index contributed by atoms with van der Waals surface area (Å²) in [6.07, 6.45) is 22.6. The Kier molecular flexibility index (Phi) is 14.8. The number of allylic oxidation sites excluding steroid dienone is 2. The fourth-order valence-corrected chi connectivity index (χ4v) is 2.36. The fraction of sp³-hybridized carbons (Fsp3) is 0.778. The Labute approximate surface area is 121 Å². The quantitative estimate of drug-likeness (QED) is 0.354. The van der Waals surface area contributed by atoms with Gasteiger partial charge in [-0.05, 0) is 32.7 Å². The van der Waals surface area contributed by atoms with Gasteiger partial charge in [-0.1, -0.05) is 76.9 Å². The molecule has 0 saturated carbocycles. The lowest BCUT2D eigenvalue weighted by atomic mass is 10.1. The molecule has 1 heteroatoms. The average Bonchev–Trinajstić information content (AvgIpc) is 2.41. The van der Waals surface area contributed by atoms with E-state index in [-0.39, 0.29) is 0 Å². The number of nitrogens with zero attached hydrogens (tertiary/aromatic N) is 1. The predicted octanol–water partition coefficient (Wildman–Crippen LogP) is 6.28. The molecule has 0 fully saturated rings. The third-order valence-electron chi connectivity index (χ3n) is 3.45. The molecule has 0 aliphatic rings. The molecular weight excluding hydrogens is 230 g/mol. The highest BCUT2D eigenvalue weighted by Crippen LogP contribution is 2.10. The lowest BCUT2D eigenvalue weighted by Gasteiger charge is -2.14. The molecule has 0 rings (SSSR count). The van der Waals surface area contributed by atoms with Gasteiger partial charge in [0.2, 0.25) is 0 Å². The molecule has 0 aromatic carbocycles. The van der Waals surface area contributed by atoms with Crippen LogP contribution in [0.2, 0.25) is 0 Å². The summed E-state index contributed by atoms with van der Waals surface area (Å²) < 4.78 is 0. The van der Waals surface area contributed by atoms with Gasteiger partial charge < -0.3 is 4.90 Å². The summed E-state index contributed by atoms with van der Waals surface area (Å²) >= 11 is 0. The fourth-order valence-electron chi connectivity index (χ4n) is 2.36. The molecular formula is C18H35N. The first-order valence-corrected chi connectivity index (χ1v) is 8.36. The van der Waals surface area contributed by atoms with E-state index in [9.17, 15) is 0 Å². The normalized spacial score (nSPS) is 11.7. The lowest BCUT2D eigenvalue weighted by Crippen LogP contribution is -2.10. The van der Waals surface area contributed by atoms with Crippen molar-refractivity contribution in [3.8, 4) is 0 Å². The Balaban J connectivity index is 3.29. The van der Waals surface area contributed by atoms with E-state index in [0.717, 1.165) is 6.54 Å². The van der Waals surface area contributed by atoms with Crippen LogP contribution in [0.5, 0.6) is 0 Å².